The van der Waals surface area contributed by atoms with Crippen LogP contribution >= 0.6 is 12.2 Å². The van der Waals surface area contributed by atoms with Crippen molar-refractivity contribution >= 4 is 17.3 Å². The third-order valence-corrected chi connectivity index (χ3v) is 3.57. The zero-order chi connectivity index (χ0) is 13.8. The van der Waals surface area contributed by atoms with Gasteiger partial charge in [0.15, 0.2) is 5.05 Å². The van der Waals surface area contributed by atoms with Crippen molar-refractivity contribution in [3.8, 4) is 0 Å². The Hall–Kier alpha value is -0.890. The van der Waals surface area contributed by atoms with E-state index in [1.807, 2.05) is 6.92 Å². The maximum absolute atomic E-state index is 5.27. The van der Waals surface area contributed by atoms with Gasteiger partial charge in [-0.25, -0.2) is 0 Å². The molecule has 0 saturated heterocycles. The number of unbranched alkanes of at least 4 members (excludes halogenated alkanes) is 5. The first-order valence-corrected chi connectivity index (χ1v) is 7.93. The smallest absolute Gasteiger partial charge is 0.159 e. The van der Waals surface area contributed by atoms with Gasteiger partial charge >= 0.3 is 0 Å². The van der Waals surface area contributed by atoms with Gasteiger partial charge in [0.1, 0.15) is 0 Å². The van der Waals surface area contributed by atoms with E-state index in [2.05, 4.69) is 30.3 Å². The first kappa shape index (κ1) is 16.2. The molecule has 1 nitrogen and oxygen atoms in total. The number of rotatable bonds is 10. The molecule has 0 N–H and O–H groups in total. The highest BCUT2D eigenvalue weighted by Gasteiger charge is 1.97. The Morgan fingerprint density at radius 2 is 1.58 bits per heavy atom. The minimum absolute atomic E-state index is 0.707. The van der Waals surface area contributed by atoms with Crippen molar-refractivity contribution < 1.29 is 4.74 Å². The zero-order valence-corrected chi connectivity index (χ0v) is 12.9. The highest BCUT2D eigenvalue weighted by atomic mass is 32.1. The molecule has 0 heterocycles. The summed E-state index contributed by atoms with van der Waals surface area (Å²) in [6.07, 6.45) is 9.93. The number of thiocarbonyl (C=S) groups is 1. The quantitative estimate of drug-likeness (QED) is 0.423. The first-order valence-electron chi connectivity index (χ1n) is 7.52. The largest absolute Gasteiger partial charge is 0.487 e. The van der Waals surface area contributed by atoms with Crippen LogP contribution in [0.2, 0.25) is 0 Å². The van der Waals surface area contributed by atoms with E-state index in [0.717, 1.165) is 11.5 Å². The topological polar surface area (TPSA) is 9.23 Å². The fourth-order valence-corrected chi connectivity index (χ4v) is 2.45. The number of hydrogen-bond donors (Lipinski definition) is 0. The van der Waals surface area contributed by atoms with E-state index in [4.69, 9.17) is 17.0 Å². The van der Waals surface area contributed by atoms with Crippen molar-refractivity contribution in [2.45, 2.75) is 58.3 Å². The van der Waals surface area contributed by atoms with Crippen LogP contribution in [0.15, 0.2) is 30.3 Å². The Morgan fingerprint density at radius 1 is 0.947 bits per heavy atom. The Bertz CT molecular complexity index is 334. The van der Waals surface area contributed by atoms with Crippen LogP contribution in [-0.2, 0) is 11.2 Å². The van der Waals surface area contributed by atoms with Crippen LogP contribution in [-0.4, -0.2) is 11.7 Å². The van der Waals surface area contributed by atoms with E-state index in [-0.39, 0.29) is 0 Å². The fraction of sp³-hybridized carbons (Fsp3) is 0.588. The van der Waals surface area contributed by atoms with Gasteiger partial charge in [-0.1, -0.05) is 56.0 Å². The predicted molar refractivity (Wildman–Crippen MR) is 86.7 cm³/mol. The van der Waals surface area contributed by atoms with Crippen LogP contribution in [0.4, 0.5) is 0 Å². The SMILES string of the molecule is CCOC(=S)CCCCCCCCc1ccccc1. The van der Waals surface area contributed by atoms with Gasteiger partial charge in [-0.05, 0) is 44.0 Å². The van der Waals surface area contributed by atoms with Crippen LogP contribution in [0.25, 0.3) is 0 Å². The molecule has 0 saturated carbocycles. The maximum Gasteiger partial charge on any atom is 0.159 e. The number of aryl methyl sites for hydroxylation is 1. The molecule has 0 spiro atoms. The van der Waals surface area contributed by atoms with E-state index >= 15 is 0 Å². The molecule has 1 rings (SSSR count). The molecule has 0 atom stereocenters. The second kappa shape index (κ2) is 11.0. The van der Waals surface area contributed by atoms with Gasteiger partial charge in [-0.2, -0.15) is 0 Å². The van der Waals surface area contributed by atoms with Crippen molar-refractivity contribution in [2.75, 3.05) is 6.61 Å². The molecular weight excluding hydrogens is 252 g/mol. The lowest BCUT2D eigenvalue weighted by molar-refractivity contribution is 0.325. The third kappa shape index (κ3) is 8.77. The summed E-state index contributed by atoms with van der Waals surface area (Å²) in [5.41, 5.74) is 1.46. The van der Waals surface area contributed by atoms with Crippen molar-refractivity contribution in [3.63, 3.8) is 0 Å². The zero-order valence-electron chi connectivity index (χ0n) is 12.1. The molecular formula is C17H26OS. The van der Waals surface area contributed by atoms with Gasteiger partial charge in [0.25, 0.3) is 0 Å². The lowest BCUT2D eigenvalue weighted by Gasteiger charge is -2.05. The Morgan fingerprint density at radius 3 is 2.26 bits per heavy atom. The summed E-state index contributed by atoms with van der Waals surface area (Å²) in [5, 5.41) is 0.784. The lowest BCUT2D eigenvalue weighted by Crippen LogP contribution is -2.00. The maximum atomic E-state index is 5.27. The van der Waals surface area contributed by atoms with Crippen molar-refractivity contribution in [1.29, 1.82) is 0 Å². The normalized spacial score (nSPS) is 10.4. The van der Waals surface area contributed by atoms with Gasteiger partial charge < -0.3 is 4.74 Å². The average molecular weight is 278 g/mol. The third-order valence-electron chi connectivity index (χ3n) is 3.24. The van der Waals surface area contributed by atoms with Gasteiger partial charge in [0, 0.05) is 6.42 Å². The monoisotopic (exact) mass is 278 g/mol. The highest BCUT2D eigenvalue weighted by molar-refractivity contribution is 7.80. The van der Waals surface area contributed by atoms with Gasteiger partial charge in [-0.3, -0.25) is 0 Å². The highest BCUT2D eigenvalue weighted by Crippen LogP contribution is 2.11. The molecule has 19 heavy (non-hydrogen) atoms. The standard InChI is InChI=1S/C17H26OS/c1-2-18-17(19)15-11-6-4-3-5-8-12-16-13-9-7-10-14-16/h7,9-10,13-14H,2-6,8,11-12,15H2,1H3. The van der Waals surface area contributed by atoms with Crippen LogP contribution in [0.3, 0.4) is 0 Å². The van der Waals surface area contributed by atoms with E-state index < -0.39 is 0 Å². The molecule has 0 radical (unpaired) electrons. The summed E-state index contributed by atoms with van der Waals surface area (Å²) in [6.45, 7) is 2.69. The molecule has 0 unspecified atom stereocenters. The summed E-state index contributed by atoms with van der Waals surface area (Å²) >= 11 is 5.10. The molecule has 0 aromatic heterocycles. The van der Waals surface area contributed by atoms with Crippen molar-refractivity contribution in [2.24, 2.45) is 0 Å². The fourth-order valence-electron chi connectivity index (χ4n) is 2.18. The Kier molecular flexibility index (Phi) is 9.34. The summed E-state index contributed by atoms with van der Waals surface area (Å²) in [5.74, 6) is 0. The minimum Gasteiger partial charge on any atom is -0.487 e. The molecule has 106 valence electrons. The molecule has 2 heteroatoms. The van der Waals surface area contributed by atoms with Gasteiger partial charge in [-0.15, -0.1) is 0 Å². The van der Waals surface area contributed by atoms with Crippen LogP contribution < -0.4 is 0 Å². The van der Waals surface area contributed by atoms with E-state index in [1.54, 1.807) is 0 Å². The minimum atomic E-state index is 0.707. The molecule has 0 bridgehead atoms. The second-order valence-electron chi connectivity index (χ2n) is 4.91. The molecule has 0 aliphatic carbocycles. The Labute approximate surface area is 123 Å². The number of hydrogen-bond acceptors (Lipinski definition) is 2. The number of ether oxygens (including phenoxy) is 1. The molecule has 0 amide bonds. The summed E-state index contributed by atoms with van der Waals surface area (Å²) in [7, 11) is 0. The predicted octanol–water partition coefficient (Wildman–Crippen LogP) is 5.32. The van der Waals surface area contributed by atoms with Crippen molar-refractivity contribution in [1.82, 2.24) is 0 Å². The van der Waals surface area contributed by atoms with E-state index in [9.17, 15) is 0 Å². The summed E-state index contributed by atoms with van der Waals surface area (Å²) < 4.78 is 5.27. The number of benzene rings is 1. The average Bonchev–Trinajstić information content (AvgIpc) is 2.43. The van der Waals surface area contributed by atoms with Crippen molar-refractivity contribution in [3.05, 3.63) is 35.9 Å². The molecule has 0 aliphatic rings. The van der Waals surface area contributed by atoms with Gasteiger partial charge in [0.2, 0.25) is 0 Å². The first-order chi connectivity index (χ1) is 9.33. The molecule has 1 aromatic rings. The van der Waals surface area contributed by atoms with E-state index in [1.165, 1.54) is 50.5 Å². The second-order valence-corrected chi connectivity index (χ2v) is 5.37. The molecule has 0 aliphatic heterocycles. The lowest BCUT2D eigenvalue weighted by atomic mass is 10.0. The van der Waals surface area contributed by atoms with Crippen LogP contribution in [0, 0.1) is 0 Å². The Balaban J connectivity index is 1.88. The summed E-state index contributed by atoms with van der Waals surface area (Å²) in [6, 6.07) is 10.8. The molecule has 1 aromatic carbocycles. The van der Waals surface area contributed by atoms with E-state index in [0.29, 0.717) is 6.61 Å². The van der Waals surface area contributed by atoms with Crippen LogP contribution in [0.5, 0.6) is 0 Å². The van der Waals surface area contributed by atoms with Crippen LogP contribution in [0.1, 0.15) is 57.4 Å². The van der Waals surface area contributed by atoms with Gasteiger partial charge in [0.05, 0.1) is 6.61 Å². The molecule has 0 fully saturated rings. The summed E-state index contributed by atoms with van der Waals surface area (Å²) in [4.78, 5) is 0.